The van der Waals surface area contributed by atoms with Crippen LogP contribution < -0.4 is 10.6 Å². The number of aliphatic hydroxyl groups is 1. The monoisotopic (exact) mass is 453 g/mol. The normalized spacial score (nSPS) is 14.0. The molecule has 0 amide bonds. The molecule has 0 aliphatic rings. The molecule has 1 rings (SSSR count). The fourth-order valence-electron chi connectivity index (χ4n) is 2.13. The van der Waals surface area contributed by atoms with Gasteiger partial charge in [0.05, 0.1) is 6.54 Å². The van der Waals surface area contributed by atoms with Crippen LogP contribution in [-0.4, -0.2) is 44.4 Å². The predicted molar refractivity (Wildman–Crippen MR) is 108 cm³/mol. The molecule has 0 saturated carbocycles. The van der Waals surface area contributed by atoms with Crippen LogP contribution in [-0.2, 0) is 10.3 Å². The molecule has 0 aliphatic heterocycles. The zero-order valence-electron chi connectivity index (χ0n) is 15.2. The van der Waals surface area contributed by atoms with E-state index < -0.39 is 5.60 Å². The zero-order chi connectivity index (χ0) is 17.1. The fourth-order valence-corrected chi connectivity index (χ4v) is 2.13. The second kappa shape index (κ2) is 12.5. The van der Waals surface area contributed by atoms with Crippen LogP contribution in [0.4, 0.5) is 0 Å². The standard InChI is InChI=1S/C17H31N3O3.HI/c1-5-18-16(19-11-7-6-8-12-22-4)20-13-17(3,21)15-10-9-14(2)23-15;/h9-10,21H,5-8,11-13H2,1-4H3,(H2,18,19,20);1H. The molecule has 24 heavy (non-hydrogen) atoms. The average molecular weight is 453 g/mol. The van der Waals surface area contributed by atoms with E-state index in [0.717, 1.165) is 44.7 Å². The molecule has 0 saturated heterocycles. The van der Waals surface area contributed by atoms with E-state index in [4.69, 9.17) is 9.15 Å². The van der Waals surface area contributed by atoms with E-state index in [2.05, 4.69) is 15.6 Å². The highest BCUT2D eigenvalue weighted by atomic mass is 127. The number of hydrogen-bond acceptors (Lipinski definition) is 4. The lowest BCUT2D eigenvalue weighted by Gasteiger charge is -2.19. The predicted octanol–water partition coefficient (Wildman–Crippen LogP) is 2.79. The van der Waals surface area contributed by atoms with Gasteiger partial charge in [-0.05, 0) is 52.2 Å². The molecule has 0 aliphatic carbocycles. The number of hydrogen-bond donors (Lipinski definition) is 3. The Kier molecular flexibility index (Phi) is 12.1. The lowest BCUT2D eigenvalue weighted by molar-refractivity contribution is 0.0428. The van der Waals surface area contributed by atoms with Gasteiger partial charge in [-0.25, -0.2) is 4.99 Å². The summed E-state index contributed by atoms with van der Waals surface area (Å²) in [5.41, 5.74) is -1.12. The largest absolute Gasteiger partial charge is 0.463 e. The van der Waals surface area contributed by atoms with Gasteiger partial charge in [0.1, 0.15) is 17.1 Å². The maximum Gasteiger partial charge on any atom is 0.191 e. The average Bonchev–Trinajstić information content (AvgIpc) is 2.95. The van der Waals surface area contributed by atoms with Crippen LogP contribution in [0.5, 0.6) is 0 Å². The molecule has 3 N–H and O–H groups in total. The Morgan fingerprint density at radius 2 is 2.04 bits per heavy atom. The van der Waals surface area contributed by atoms with Gasteiger partial charge in [-0.15, -0.1) is 24.0 Å². The molecule has 0 fully saturated rings. The third kappa shape index (κ3) is 8.89. The molecule has 1 aromatic heterocycles. The number of guanidine groups is 1. The highest BCUT2D eigenvalue weighted by Crippen LogP contribution is 2.22. The van der Waals surface area contributed by atoms with Crippen LogP contribution in [0.3, 0.4) is 0 Å². The summed E-state index contributed by atoms with van der Waals surface area (Å²) in [4.78, 5) is 4.46. The van der Waals surface area contributed by atoms with Gasteiger partial charge in [0, 0.05) is 26.8 Å². The molecule has 7 heteroatoms. The maximum absolute atomic E-state index is 10.5. The van der Waals surface area contributed by atoms with Crippen molar-refractivity contribution in [3.8, 4) is 0 Å². The Hall–Kier alpha value is -0.800. The summed E-state index contributed by atoms with van der Waals surface area (Å²) in [7, 11) is 1.72. The van der Waals surface area contributed by atoms with Gasteiger partial charge < -0.3 is 24.9 Å². The molecule has 6 nitrogen and oxygen atoms in total. The Labute approximate surface area is 162 Å². The summed E-state index contributed by atoms with van der Waals surface area (Å²) >= 11 is 0. The van der Waals surface area contributed by atoms with Gasteiger partial charge in [-0.3, -0.25) is 0 Å². The Bertz CT molecular complexity index is 475. The molecule has 140 valence electrons. The first kappa shape index (κ1) is 23.2. The number of unbranched alkanes of at least 4 members (excludes halogenated alkanes) is 2. The van der Waals surface area contributed by atoms with Crippen molar-refractivity contribution in [1.29, 1.82) is 0 Å². The molecule has 1 atom stereocenters. The van der Waals surface area contributed by atoms with Crippen LogP contribution >= 0.6 is 24.0 Å². The van der Waals surface area contributed by atoms with Crippen LogP contribution in [0.15, 0.2) is 21.5 Å². The molecule has 0 radical (unpaired) electrons. The van der Waals surface area contributed by atoms with Crippen molar-refractivity contribution in [3.63, 3.8) is 0 Å². The smallest absolute Gasteiger partial charge is 0.191 e. The number of aryl methyl sites for hydroxylation is 1. The second-order valence-corrected chi connectivity index (χ2v) is 5.86. The number of aliphatic imine (C=N–C) groups is 1. The van der Waals surface area contributed by atoms with Crippen molar-refractivity contribution >= 4 is 29.9 Å². The second-order valence-electron chi connectivity index (χ2n) is 5.86. The molecular weight excluding hydrogens is 421 g/mol. The van der Waals surface area contributed by atoms with Crippen molar-refractivity contribution in [2.75, 3.05) is 33.4 Å². The van der Waals surface area contributed by atoms with Gasteiger partial charge in [-0.1, -0.05) is 0 Å². The lowest BCUT2D eigenvalue weighted by atomic mass is 10.0. The number of nitrogens with zero attached hydrogens (tertiary/aromatic N) is 1. The van der Waals surface area contributed by atoms with Gasteiger partial charge in [0.2, 0.25) is 0 Å². The summed E-state index contributed by atoms with van der Waals surface area (Å²) in [6.45, 7) is 8.25. The Morgan fingerprint density at radius 1 is 1.29 bits per heavy atom. The van der Waals surface area contributed by atoms with Crippen molar-refractivity contribution in [2.24, 2.45) is 4.99 Å². The van der Waals surface area contributed by atoms with E-state index in [1.807, 2.05) is 19.9 Å². The van der Waals surface area contributed by atoms with Crippen LogP contribution in [0, 0.1) is 6.92 Å². The Morgan fingerprint density at radius 3 is 2.62 bits per heavy atom. The van der Waals surface area contributed by atoms with Crippen LogP contribution in [0.25, 0.3) is 0 Å². The first-order valence-corrected chi connectivity index (χ1v) is 8.30. The quantitative estimate of drug-likeness (QED) is 0.220. The number of nitrogens with one attached hydrogen (secondary N) is 2. The Balaban J connectivity index is 0.00000529. The SMILES string of the molecule is CCNC(=NCC(C)(O)c1ccc(C)o1)NCCCCCOC.I. The number of halogens is 1. The summed E-state index contributed by atoms with van der Waals surface area (Å²) in [5.74, 6) is 2.03. The minimum atomic E-state index is -1.12. The molecule has 1 unspecified atom stereocenters. The van der Waals surface area contributed by atoms with E-state index in [0.29, 0.717) is 11.7 Å². The summed E-state index contributed by atoms with van der Waals surface area (Å²) in [6.07, 6.45) is 3.24. The summed E-state index contributed by atoms with van der Waals surface area (Å²) < 4.78 is 10.5. The van der Waals surface area contributed by atoms with Crippen molar-refractivity contribution in [2.45, 2.75) is 45.6 Å². The molecule has 0 bridgehead atoms. The van der Waals surface area contributed by atoms with E-state index >= 15 is 0 Å². The molecular formula is C17H32IN3O3. The van der Waals surface area contributed by atoms with E-state index in [-0.39, 0.29) is 30.5 Å². The number of rotatable bonds is 10. The van der Waals surface area contributed by atoms with Crippen LogP contribution in [0.1, 0.15) is 44.6 Å². The number of ether oxygens (including phenoxy) is 1. The van der Waals surface area contributed by atoms with Gasteiger partial charge in [0.15, 0.2) is 5.96 Å². The topological polar surface area (TPSA) is 79.0 Å². The first-order valence-electron chi connectivity index (χ1n) is 8.30. The minimum absolute atomic E-state index is 0. The lowest BCUT2D eigenvalue weighted by Crippen LogP contribution is -2.39. The molecule has 1 heterocycles. The number of furan rings is 1. The third-order valence-electron chi connectivity index (χ3n) is 3.48. The fraction of sp³-hybridized carbons (Fsp3) is 0.706. The van der Waals surface area contributed by atoms with Gasteiger partial charge in [-0.2, -0.15) is 0 Å². The van der Waals surface area contributed by atoms with E-state index in [9.17, 15) is 5.11 Å². The molecule has 0 spiro atoms. The first-order chi connectivity index (χ1) is 11.0. The highest BCUT2D eigenvalue weighted by molar-refractivity contribution is 14.0. The van der Waals surface area contributed by atoms with Crippen molar-refractivity contribution in [3.05, 3.63) is 23.7 Å². The van der Waals surface area contributed by atoms with E-state index in [1.54, 1.807) is 20.1 Å². The zero-order valence-corrected chi connectivity index (χ0v) is 17.6. The van der Waals surface area contributed by atoms with Crippen LogP contribution in [0.2, 0.25) is 0 Å². The summed E-state index contributed by atoms with van der Waals surface area (Å²) in [5, 5.41) is 17.0. The third-order valence-corrected chi connectivity index (χ3v) is 3.48. The maximum atomic E-state index is 10.5. The molecule has 1 aromatic rings. The van der Waals surface area contributed by atoms with E-state index in [1.165, 1.54) is 0 Å². The highest BCUT2D eigenvalue weighted by Gasteiger charge is 2.26. The van der Waals surface area contributed by atoms with Crippen molar-refractivity contribution in [1.82, 2.24) is 10.6 Å². The molecule has 0 aromatic carbocycles. The van der Waals surface area contributed by atoms with Crippen molar-refractivity contribution < 1.29 is 14.3 Å². The minimum Gasteiger partial charge on any atom is -0.463 e. The number of methoxy groups -OCH3 is 1. The van der Waals surface area contributed by atoms with Gasteiger partial charge in [0.25, 0.3) is 0 Å². The summed E-state index contributed by atoms with van der Waals surface area (Å²) in [6, 6.07) is 3.64. The van der Waals surface area contributed by atoms with Gasteiger partial charge >= 0.3 is 0 Å².